The Hall–Kier alpha value is -2.42. The molecule has 0 bridgehead atoms. The summed E-state index contributed by atoms with van der Waals surface area (Å²) in [6.07, 6.45) is 0. The van der Waals surface area contributed by atoms with E-state index >= 15 is 0 Å². The average molecular weight is 238 g/mol. The van der Waals surface area contributed by atoms with Gasteiger partial charge >= 0.3 is 0 Å². The van der Waals surface area contributed by atoms with Crippen LogP contribution in [0, 0.1) is 0 Å². The van der Waals surface area contributed by atoms with Crippen LogP contribution < -0.4 is 0 Å². The van der Waals surface area contributed by atoms with Gasteiger partial charge in [0.05, 0.1) is 5.71 Å². The van der Waals surface area contributed by atoms with E-state index < -0.39 is 0 Å². The molecule has 0 aliphatic carbocycles. The molecule has 0 fully saturated rings. The minimum Gasteiger partial charge on any atom is -0.410 e. The standard InChI is InChI=1S/C15H14N2O/c1-16-14(12-8-4-2-5-9-12)15(17-18)13-10-6-3-7-11-13/h2-11,18H,1H3/b16-14?,17-15+. The van der Waals surface area contributed by atoms with Crippen molar-refractivity contribution in [2.24, 2.45) is 10.1 Å². The van der Waals surface area contributed by atoms with E-state index in [0.29, 0.717) is 11.4 Å². The maximum atomic E-state index is 9.25. The number of oxime groups is 1. The van der Waals surface area contributed by atoms with E-state index in [1.807, 2.05) is 60.7 Å². The van der Waals surface area contributed by atoms with E-state index in [9.17, 15) is 5.21 Å². The molecular formula is C15H14N2O. The third kappa shape index (κ3) is 2.46. The molecule has 0 aliphatic rings. The lowest BCUT2D eigenvalue weighted by Crippen LogP contribution is -2.17. The zero-order valence-electron chi connectivity index (χ0n) is 10.1. The van der Waals surface area contributed by atoms with Crippen molar-refractivity contribution < 1.29 is 5.21 Å². The van der Waals surface area contributed by atoms with Gasteiger partial charge in [0, 0.05) is 18.2 Å². The maximum absolute atomic E-state index is 9.25. The largest absolute Gasteiger partial charge is 0.410 e. The lowest BCUT2D eigenvalue weighted by Gasteiger charge is -2.08. The molecule has 0 saturated carbocycles. The van der Waals surface area contributed by atoms with Gasteiger partial charge in [-0.15, -0.1) is 0 Å². The normalized spacial score (nSPS) is 12.5. The summed E-state index contributed by atoms with van der Waals surface area (Å²) < 4.78 is 0. The monoisotopic (exact) mass is 238 g/mol. The minimum atomic E-state index is 0.476. The Kier molecular flexibility index (Phi) is 3.86. The second kappa shape index (κ2) is 5.77. The van der Waals surface area contributed by atoms with Crippen molar-refractivity contribution in [2.75, 3.05) is 7.05 Å². The molecule has 1 N–H and O–H groups in total. The third-order valence-corrected chi connectivity index (χ3v) is 2.64. The van der Waals surface area contributed by atoms with Gasteiger partial charge in [0.15, 0.2) is 0 Å². The van der Waals surface area contributed by atoms with Crippen LogP contribution in [0.25, 0.3) is 0 Å². The van der Waals surface area contributed by atoms with Crippen molar-refractivity contribution in [2.45, 2.75) is 0 Å². The molecule has 18 heavy (non-hydrogen) atoms. The number of nitrogens with zero attached hydrogens (tertiary/aromatic N) is 2. The molecule has 2 aromatic rings. The van der Waals surface area contributed by atoms with Crippen LogP contribution in [0.15, 0.2) is 70.8 Å². The molecule has 0 unspecified atom stereocenters. The molecule has 0 spiro atoms. The molecule has 0 heterocycles. The van der Waals surface area contributed by atoms with E-state index in [0.717, 1.165) is 11.1 Å². The average Bonchev–Trinajstić information content (AvgIpc) is 2.46. The summed E-state index contributed by atoms with van der Waals surface area (Å²) in [5.74, 6) is 0. The van der Waals surface area contributed by atoms with E-state index in [1.54, 1.807) is 7.05 Å². The highest BCUT2D eigenvalue weighted by molar-refractivity contribution is 6.53. The number of hydrogen-bond acceptors (Lipinski definition) is 3. The number of benzene rings is 2. The SMILES string of the molecule is CN=C(/C(=N/O)c1ccccc1)c1ccccc1. The topological polar surface area (TPSA) is 45.0 Å². The molecule has 3 nitrogen and oxygen atoms in total. The molecule has 2 rings (SSSR count). The predicted octanol–water partition coefficient (Wildman–Crippen LogP) is 2.98. The highest BCUT2D eigenvalue weighted by Crippen LogP contribution is 2.09. The van der Waals surface area contributed by atoms with Crippen LogP contribution in [-0.2, 0) is 0 Å². The molecule has 0 saturated heterocycles. The minimum absolute atomic E-state index is 0.476. The van der Waals surface area contributed by atoms with E-state index in [-0.39, 0.29) is 0 Å². The van der Waals surface area contributed by atoms with Gasteiger partial charge in [0.1, 0.15) is 5.71 Å². The molecule has 0 aromatic heterocycles. The first-order valence-electron chi connectivity index (χ1n) is 5.67. The Balaban J connectivity index is 2.45. The first kappa shape index (κ1) is 12.0. The molecule has 0 radical (unpaired) electrons. The van der Waals surface area contributed by atoms with Crippen molar-refractivity contribution >= 4 is 11.4 Å². The Bertz CT molecular complexity index is 506. The quantitative estimate of drug-likeness (QED) is 0.498. The summed E-state index contributed by atoms with van der Waals surface area (Å²) >= 11 is 0. The second-order valence-corrected chi connectivity index (χ2v) is 3.75. The second-order valence-electron chi connectivity index (χ2n) is 3.75. The van der Waals surface area contributed by atoms with Crippen molar-refractivity contribution in [1.82, 2.24) is 0 Å². The van der Waals surface area contributed by atoms with E-state index in [2.05, 4.69) is 10.1 Å². The van der Waals surface area contributed by atoms with Gasteiger partial charge < -0.3 is 5.21 Å². The number of hydrogen-bond donors (Lipinski definition) is 1. The van der Waals surface area contributed by atoms with Crippen LogP contribution in [0.4, 0.5) is 0 Å². The van der Waals surface area contributed by atoms with Gasteiger partial charge in [-0.3, -0.25) is 4.99 Å². The van der Waals surface area contributed by atoms with Crippen molar-refractivity contribution in [1.29, 1.82) is 0 Å². The highest BCUT2D eigenvalue weighted by Gasteiger charge is 2.13. The summed E-state index contributed by atoms with van der Waals surface area (Å²) in [7, 11) is 1.69. The molecule has 0 atom stereocenters. The summed E-state index contributed by atoms with van der Waals surface area (Å²) in [5, 5.41) is 12.6. The van der Waals surface area contributed by atoms with Crippen LogP contribution in [-0.4, -0.2) is 23.7 Å². The van der Waals surface area contributed by atoms with E-state index in [4.69, 9.17) is 0 Å². The number of aliphatic imine (C=N–C) groups is 1. The molecular weight excluding hydrogens is 224 g/mol. The van der Waals surface area contributed by atoms with Gasteiger partial charge in [-0.1, -0.05) is 65.8 Å². The zero-order valence-corrected chi connectivity index (χ0v) is 10.1. The molecule has 0 amide bonds. The Morgan fingerprint density at radius 2 is 1.22 bits per heavy atom. The summed E-state index contributed by atoms with van der Waals surface area (Å²) in [5.41, 5.74) is 2.91. The molecule has 0 aliphatic heterocycles. The van der Waals surface area contributed by atoms with Gasteiger partial charge in [-0.25, -0.2) is 0 Å². The van der Waals surface area contributed by atoms with Crippen LogP contribution in [0.3, 0.4) is 0 Å². The van der Waals surface area contributed by atoms with Crippen LogP contribution in [0.2, 0.25) is 0 Å². The molecule has 2 aromatic carbocycles. The van der Waals surface area contributed by atoms with Crippen LogP contribution in [0.5, 0.6) is 0 Å². The first-order chi connectivity index (χ1) is 8.86. The predicted molar refractivity (Wildman–Crippen MR) is 73.7 cm³/mol. The van der Waals surface area contributed by atoms with Gasteiger partial charge in [-0.2, -0.15) is 0 Å². The zero-order chi connectivity index (χ0) is 12.8. The van der Waals surface area contributed by atoms with Gasteiger partial charge in [-0.05, 0) is 0 Å². The Morgan fingerprint density at radius 3 is 1.61 bits per heavy atom. The molecule has 90 valence electrons. The fourth-order valence-corrected chi connectivity index (χ4v) is 1.81. The Morgan fingerprint density at radius 1 is 0.778 bits per heavy atom. The smallest absolute Gasteiger partial charge is 0.135 e. The lowest BCUT2D eigenvalue weighted by atomic mass is 10.00. The summed E-state index contributed by atoms with van der Waals surface area (Å²) in [6.45, 7) is 0. The van der Waals surface area contributed by atoms with Crippen LogP contribution >= 0.6 is 0 Å². The van der Waals surface area contributed by atoms with Crippen molar-refractivity contribution in [3.8, 4) is 0 Å². The first-order valence-corrected chi connectivity index (χ1v) is 5.67. The lowest BCUT2D eigenvalue weighted by molar-refractivity contribution is 0.320. The fraction of sp³-hybridized carbons (Fsp3) is 0.0667. The van der Waals surface area contributed by atoms with Crippen molar-refractivity contribution in [3.63, 3.8) is 0 Å². The fourth-order valence-electron chi connectivity index (χ4n) is 1.81. The van der Waals surface area contributed by atoms with E-state index in [1.165, 1.54) is 0 Å². The highest BCUT2D eigenvalue weighted by atomic mass is 16.4. The number of rotatable bonds is 3. The van der Waals surface area contributed by atoms with Crippen LogP contribution in [0.1, 0.15) is 11.1 Å². The van der Waals surface area contributed by atoms with Crippen molar-refractivity contribution in [3.05, 3.63) is 71.8 Å². The molecule has 3 heteroatoms. The Labute approximate surface area is 106 Å². The van der Waals surface area contributed by atoms with Gasteiger partial charge in [0.2, 0.25) is 0 Å². The summed E-state index contributed by atoms with van der Waals surface area (Å²) in [6, 6.07) is 19.2. The maximum Gasteiger partial charge on any atom is 0.135 e. The van der Waals surface area contributed by atoms with Gasteiger partial charge in [0.25, 0.3) is 0 Å². The third-order valence-electron chi connectivity index (χ3n) is 2.64. The summed E-state index contributed by atoms with van der Waals surface area (Å²) in [4.78, 5) is 4.23.